The van der Waals surface area contributed by atoms with Gasteiger partial charge in [-0.1, -0.05) is 6.92 Å². The molecule has 1 amide bonds. The van der Waals surface area contributed by atoms with Crippen molar-refractivity contribution in [1.82, 2.24) is 20.0 Å². The predicted octanol–water partition coefficient (Wildman–Crippen LogP) is 1.89. The van der Waals surface area contributed by atoms with Crippen LogP contribution < -0.4 is 5.32 Å². The summed E-state index contributed by atoms with van der Waals surface area (Å²) in [5, 5.41) is 7.48. The fourth-order valence-electron chi connectivity index (χ4n) is 2.48. The molecule has 2 heterocycles. The topological polar surface area (TPSA) is 50.2 Å². The average Bonchev–Trinajstić information content (AvgIpc) is 3.05. The lowest BCUT2D eigenvalue weighted by molar-refractivity contribution is -0.136. The van der Waals surface area contributed by atoms with Crippen molar-refractivity contribution in [3.63, 3.8) is 0 Å². The Hall–Kier alpha value is -0.780. The lowest BCUT2D eigenvalue weighted by atomic mass is 10.1. The molecule has 0 radical (unpaired) electrons. The highest BCUT2D eigenvalue weighted by atomic mass is 35.5. The van der Waals surface area contributed by atoms with Gasteiger partial charge < -0.3 is 10.2 Å². The minimum atomic E-state index is -0.216. The van der Waals surface area contributed by atoms with Gasteiger partial charge in [0.1, 0.15) is 6.04 Å². The number of amides is 1. The molecule has 2 atom stereocenters. The highest BCUT2D eigenvalue weighted by Gasteiger charge is 2.29. The number of nitrogens with zero attached hydrogens (tertiary/aromatic N) is 3. The summed E-state index contributed by atoms with van der Waals surface area (Å²) in [5.41, 5.74) is 0. The number of carbonyl (C=O) groups is 1. The van der Waals surface area contributed by atoms with E-state index in [0.717, 1.165) is 32.5 Å². The maximum atomic E-state index is 12.6. The van der Waals surface area contributed by atoms with Gasteiger partial charge in [0.2, 0.25) is 5.91 Å². The molecule has 2 unspecified atom stereocenters. The number of hydrogen-bond donors (Lipinski definition) is 1. The first kappa shape index (κ1) is 19.2. The Morgan fingerprint density at radius 1 is 1.55 bits per heavy atom. The summed E-state index contributed by atoms with van der Waals surface area (Å²) in [6, 6.07) is 1.98. The molecule has 1 aromatic heterocycles. The van der Waals surface area contributed by atoms with E-state index in [-0.39, 0.29) is 36.8 Å². The van der Waals surface area contributed by atoms with Crippen molar-refractivity contribution < 1.29 is 4.79 Å². The molecule has 1 aliphatic heterocycles. The minimum absolute atomic E-state index is 0. The number of halogens is 2. The van der Waals surface area contributed by atoms with E-state index < -0.39 is 0 Å². The zero-order valence-corrected chi connectivity index (χ0v) is 13.6. The van der Waals surface area contributed by atoms with Crippen molar-refractivity contribution in [3.8, 4) is 0 Å². The normalized spacial score (nSPS) is 18.8. The molecule has 7 heteroatoms. The van der Waals surface area contributed by atoms with E-state index in [1.165, 1.54) is 0 Å². The van der Waals surface area contributed by atoms with E-state index >= 15 is 0 Å². The van der Waals surface area contributed by atoms with Gasteiger partial charge in [0.15, 0.2) is 0 Å². The summed E-state index contributed by atoms with van der Waals surface area (Å²) in [4.78, 5) is 14.6. The van der Waals surface area contributed by atoms with Crippen molar-refractivity contribution in [2.45, 2.75) is 38.8 Å². The molecule has 1 saturated heterocycles. The van der Waals surface area contributed by atoms with Gasteiger partial charge >= 0.3 is 0 Å². The Morgan fingerprint density at radius 2 is 2.30 bits per heavy atom. The molecule has 0 aliphatic carbocycles. The van der Waals surface area contributed by atoms with Crippen LogP contribution in [0.5, 0.6) is 0 Å². The van der Waals surface area contributed by atoms with Gasteiger partial charge in [-0.3, -0.25) is 9.48 Å². The van der Waals surface area contributed by atoms with E-state index in [4.69, 9.17) is 0 Å². The van der Waals surface area contributed by atoms with Crippen LogP contribution in [0.1, 0.15) is 32.7 Å². The van der Waals surface area contributed by atoms with Gasteiger partial charge in [-0.2, -0.15) is 5.10 Å². The minimum Gasteiger partial charge on any atom is -0.337 e. The van der Waals surface area contributed by atoms with Crippen molar-refractivity contribution in [2.24, 2.45) is 0 Å². The predicted molar refractivity (Wildman–Crippen MR) is 84.7 cm³/mol. The second-order valence-corrected chi connectivity index (χ2v) is 4.84. The van der Waals surface area contributed by atoms with Gasteiger partial charge in [-0.15, -0.1) is 24.8 Å². The maximum Gasteiger partial charge on any atom is 0.247 e. The third-order valence-corrected chi connectivity index (χ3v) is 3.50. The maximum absolute atomic E-state index is 12.6. The van der Waals surface area contributed by atoms with Crippen LogP contribution in [-0.2, 0) is 4.79 Å². The molecule has 2 rings (SSSR count). The van der Waals surface area contributed by atoms with Gasteiger partial charge in [-0.05, 0) is 32.4 Å². The first-order chi connectivity index (χ1) is 8.74. The summed E-state index contributed by atoms with van der Waals surface area (Å²) in [7, 11) is 0. The SMILES string of the molecule is CCCN(C(=O)C(C)n1cccn1)C1CCNC1.Cl.Cl. The molecule has 0 saturated carbocycles. The molecular weight excluding hydrogens is 299 g/mol. The Labute approximate surface area is 132 Å². The number of aromatic nitrogens is 2. The van der Waals surface area contributed by atoms with Crippen LogP contribution in [0.4, 0.5) is 0 Å². The van der Waals surface area contributed by atoms with Crippen LogP contribution in [0.2, 0.25) is 0 Å². The third-order valence-electron chi connectivity index (χ3n) is 3.50. The smallest absolute Gasteiger partial charge is 0.247 e. The molecular formula is C13H24Cl2N4O. The Kier molecular flexibility index (Phi) is 8.85. The van der Waals surface area contributed by atoms with Crippen molar-refractivity contribution in [2.75, 3.05) is 19.6 Å². The van der Waals surface area contributed by atoms with Crippen LogP contribution in [0, 0.1) is 0 Å². The molecule has 116 valence electrons. The molecule has 1 aromatic rings. The standard InChI is InChI=1S/C13H22N4O.2ClH/c1-3-8-16(12-5-7-14-10-12)13(18)11(2)17-9-4-6-15-17;;/h4,6,9,11-12,14H,3,5,7-8,10H2,1-2H3;2*1H. The summed E-state index contributed by atoms with van der Waals surface area (Å²) in [5.74, 6) is 0.175. The molecule has 20 heavy (non-hydrogen) atoms. The highest BCUT2D eigenvalue weighted by Crippen LogP contribution is 2.15. The molecule has 0 aromatic carbocycles. The lowest BCUT2D eigenvalue weighted by Gasteiger charge is -2.30. The summed E-state index contributed by atoms with van der Waals surface area (Å²) >= 11 is 0. The van der Waals surface area contributed by atoms with E-state index in [1.54, 1.807) is 10.9 Å². The van der Waals surface area contributed by atoms with Crippen molar-refractivity contribution in [3.05, 3.63) is 18.5 Å². The third kappa shape index (κ3) is 4.36. The molecule has 1 N–H and O–H groups in total. The molecule has 0 spiro atoms. The Morgan fingerprint density at radius 3 is 2.80 bits per heavy atom. The Bertz CT molecular complexity index is 380. The van der Waals surface area contributed by atoms with Crippen molar-refractivity contribution >= 4 is 30.7 Å². The molecule has 0 bridgehead atoms. The first-order valence-electron chi connectivity index (χ1n) is 6.74. The van der Waals surface area contributed by atoms with E-state index in [0.29, 0.717) is 6.04 Å². The highest BCUT2D eigenvalue weighted by molar-refractivity contribution is 5.85. The summed E-state index contributed by atoms with van der Waals surface area (Å²) in [6.07, 6.45) is 5.61. The fourth-order valence-corrected chi connectivity index (χ4v) is 2.48. The van der Waals surface area contributed by atoms with Crippen molar-refractivity contribution in [1.29, 1.82) is 0 Å². The second kappa shape index (κ2) is 9.21. The average molecular weight is 323 g/mol. The lowest BCUT2D eigenvalue weighted by Crippen LogP contribution is -2.45. The molecule has 5 nitrogen and oxygen atoms in total. The monoisotopic (exact) mass is 322 g/mol. The van der Waals surface area contributed by atoms with Gasteiger partial charge in [0.25, 0.3) is 0 Å². The van der Waals surface area contributed by atoms with E-state index in [1.807, 2.05) is 24.1 Å². The van der Waals surface area contributed by atoms with E-state index in [9.17, 15) is 4.79 Å². The molecule has 1 fully saturated rings. The number of hydrogen-bond acceptors (Lipinski definition) is 3. The van der Waals surface area contributed by atoms with Crippen LogP contribution in [-0.4, -0.2) is 46.3 Å². The fraction of sp³-hybridized carbons (Fsp3) is 0.692. The number of nitrogens with one attached hydrogen (secondary N) is 1. The largest absolute Gasteiger partial charge is 0.337 e. The van der Waals surface area contributed by atoms with Crippen LogP contribution in [0.15, 0.2) is 18.5 Å². The van der Waals surface area contributed by atoms with Gasteiger partial charge in [0, 0.05) is 31.5 Å². The van der Waals surface area contributed by atoms with Gasteiger partial charge in [0.05, 0.1) is 0 Å². The van der Waals surface area contributed by atoms with Crippen LogP contribution in [0.3, 0.4) is 0 Å². The number of rotatable bonds is 5. The van der Waals surface area contributed by atoms with Crippen LogP contribution >= 0.6 is 24.8 Å². The number of carbonyl (C=O) groups excluding carboxylic acids is 1. The first-order valence-corrected chi connectivity index (χ1v) is 6.74. The van der Waals surface area contributed by atoms with Crippen LogP contribution in [0.25, 0.3) is 0 Å². The quantitative estimate of drug-likeness (QED) is 0.900. The summed E-state index contributed by atoms with van der Waals surface area (Å²) in [6.45, 7) is 6.78. The summed E-state index contributed by atoms with van der Waals surface area (Å²) < 4.78 is 1.73. The Balaban J connectivity index is 0.00000180. The van der Waals surface area contributed by atoms with Gasteiger partial charge in [-0.25, -0.2) is 0 Å². The molecule has 1 aliphatic rings. The second-order valence-electron chi connectivity index (χ2n) is 4.84. The zero-order chi connectivity index (χ0) is 13.0. The zero-order valence-electron chi connectivity index (χ0n) is 12.0. The van der Waals surface area contributed by atoms with E-state index in [2.05, 4.69) is 17.3 Å².